The number of aliphatic hydroxyl groups excluding tert-OH is 1. The van der Waals surface area contributed by atoms with Crippen LogP contribution in [0.25, 0.3) is 0 Å². The number of hydrogen-bond acceptors (Lipinski definition) is 5. The number of nitrogens with one attached hydrogen (secondary N) is 1. The van der Waals surface area contributed by atoms with Crippen molar-refractivity contribution in [3.8, 4) is 0 Å². The molecule has 0 radical (unpaired) electrons. The highest BCUT2D eigenvalue weighted by atomic mass is 16.3. The molecule has 0 aromatic carbocycles. The molecule has 1 aliphatic heterocycles. The number of rotatable bonds is 5. The first-order valence-electron chi connectivity index (χ1n) is 7.15. The number of aliphatic hydroxyl groups is 1. The lowest BCUT2D eigenvalue weighted by atomic mass is 10.0. The molecule has 0 amide bonds. The molecule has 1 aliphatic rings. The molecule has 1 atom stereocenters. The molecule has 106 valence electrons. The van der Waals surface area contributed by atoms with Crippen LogP contribution >= 0.6 is 0 Å². The lowest BCUT2D eigenvalue weighted by Crippen LogP contribution is -2.34. The molecule has 2 N–H and O–H groups in total. The number of hydrogen-bond donors (Lipinski definition) is 2. The van der Waals surface area contributed by atoms with Crippen molar-refractivity contribution in [3.05, 3.63) is 11.9 Å². The normalized spacial score (nSPS) is 19.2. The van der Waals surface area contributed by atoms with Gasteiger partial charge in [0.25, 0.3) is 0 Å². The number of nitrogens with zero attached hydrogens (tertiary/aromatic N) is 3. The van der Waals surface area contributed by atoms with Crippen molar-refractivity contribution in [3.63, 3.8) is 0 Å². The molecule has 0 saturated carbocycles. The van der Waals surface area contributed by atoms with Gasteiger partial charge in [-0.3, -0.25) is 0 Å². The zero-order valence-corrected chi connectivity index (χ0v) is 12.1. The highest BCUT2D eigenvalue weighted by Gasteiger charge is 2.28. The summed E-state index contributed by atoms with van der Waals surface area (Å²) < 4.78 is 0. The van der Waals surface area contributed by atoms with Gasteiger partial charge in [0.15, 0.2) is 0 Å². The van der Waals surface area contributed by atoms with Crippen molar-refractivity contribution >= 4 is 11.6 Å². The molecule has 0 bridgehead atoms. The van der Waals surface area contributed by atoms with Gasteiger partial charge in [0.1, 0.15) is 18.0 Å². The van der Waals surface area contributed by atoms with Crippen LogP contribution in [0.2, 0.25) is 0 Å². The second-order valence-electron chi connectivity index (χ2n) is 5.32. The van der Waals surface area contributed by atoms with E-state index in [1.807, 2.05) is 0 Å². The van der Waals surface area contributed by atoms with Crippen LogP contribution in [0.4, 0.5) is 11.6 Å². The smallest absolute Gasteiger partial charge is 0.137 e. The van der Waals surface area contributed by atoms with E-state index in [0.29, 0.717) is 5.92 Å². The molecule has 1 aromatic heterocycles. The van der Waals surface area contributed by atoms with Crippen molar-refractivity contribution in [1.82, 2.24) is 9.97 Å². The van der Waals surface area contributed by atoms with Gasteiger partial charge in [0, 0.05) is 18.7 Å². The minimum atomic E-state index is 0.193. The molecule has 0 aliphatic carbocycles. The zero-order chi connectivity index (χ0) is 13.8. The van der Waals surface area contributed by atoms with Gasteiger partial charge in [-0.15, -0.1) is 0 Å². The van der Waals surface area contributed by atoms with Crippen LogP contribution in [-0.2, 0) is 0 Å². The largest absolute Gasteiger partial charge is 0.394 e. The summed E-state index contributed by atoms with van der Waals surface area (Å²) in [5.41, 5.74) is 1.16. The van der Waals surface area contributed by atoms with Crippen LogP contribution in [0.5, 0.6) is 0 Å². The molecule has 5 heteroatoms. The Morgan fingerprint density at radius 2 is 2.26 bits per heavy atom. The van der Waals surface area contributed by atoms with E-state index in [2.05, 4.69) is 41.0 Å². The minimum Gasteiger partial charge on any atom is -0.394 e. The molecule has 1 unspecified atom stereocenters. The summed E-state index contributed by atoms with van der Waals surface area (Å²) in [5, 5.41) is 12.8. The van der Waals surface area contributed by atoms with Crippen molar-refractivity contribution in [1.29, 1.82) is 0 Å². The molecule has 5 nitrogen and oxygen atoms in total. The third kappa shape index (κ3) is 2.81. The van der Waals surface area contributed by atoms with Crippen LogP contribution in [0, 0.1) is 0 Å². The van der Waals surface area contributed by atoms with Gasteiger partial charge in [-0.1, -0.05) is 13.8 Å². The molecule has 1 aromatic rings. The van der Waals surface area contributed by atoms with Gasteiger partial charge in [0.05, 0.1) is 12.6 Å². The predicted octanol–water partition coefficient (Wildman–Crippen LogP) is 1.99. The van der Waals surface area contributed by atoms with Gasteiger partial charge >= 0.3 is 0 Å². The predicted molar refractivity (Wildman–Crippen MR) is 77.7 cm³/mol. The summed E-state index contributed by atoms with van der Waals surface area (Å²) in [6.45, 7) is 8.39. The van der Waals surface area contributed by atoms with Gasteiger partial charge in [0.2, 0.25) is 0 Å². The van der Waals surface area contributed by atoms with Gasteiger partial charge < -0.3 is 15.3 Å². The topological polar surface area (TPSA) is 61.3 Å². The first kappa shape index (κ1) is 14.1. The second kappa shape index (κ2) is 6.19. The second-order valence-corrected chi connectivity index (χ2v) is 5.32. The molecular formula is C14H24N4O. The maximum atomic E-state index is 9.50. The van der Waals surface area contributed by atoms with E-state index in [4.69, 9.17) is 0 Å². The lowest BCUT2D eigenvalue weighted by Gasteiger charge is -2.28. The Morgan fingerprint density at radius 3 is 2.89 bits per heavy atom. The third-order valence-corrected chi connectivity index (χ3v) is 3.64. The van der Waals surface area contributed by atoms with Crippen molar-refractivity contribution in [2.24, 2.45) is 0 Å². The minimum absolute atomic E-state index is 0.193. The maximum Gasteiger partial charge on any atom is 0.137 e. The van der Waals surface area contributed by atoms with Gasteiger partial charge in [-0.25, -0.2) is 9.97 Å². The Kier molecular flexibility index (Phi) is 4.58. The van der Waals surface area contributed by atoms with Gasteiger partial charge in [-0.2, -0.15) is 0 Å². The fraction of sp³-hybridized carbons (Fsp3) is 0.714. The zero-order valence-electron chi connectivity index (χ0n) is 12.1. The number of anilines is 2. The molecule has 2 rings (SSSR count). The van der Waals surface area contributed by atoms with E-state index < -0.39 is 0 Å². The summed E-state index contributed by atoms with van der Waals surface area (Å²) in [6, 6.07) is 0.196. The van der Waals surface area contributed by atoms with Gasteiger partial charge in [-0.05, 0) is 25.7 Å². The average molecular weight is 264 g/mol. The van der Waals surface area contributed by atoms with E-state index in [0.717, 1.165) is 43.1 Å². The molecule has 1 saturated heterocycles. The van der Waals surface area contributed by atoms with E-state index in [1.165, 1.54) is 0 Å². The van der Waals surface area contributed by atoms with Crippen LogP contribution < -0.4 is 10.2 Å². The lowest BCUT2D eigenvalue weighted by molar-refractivity contribution is 0.266. The van der Waals surface area contributed by atoms with Crippen molar-refractivity contribution < 1.29 is 5.11 Å². The van der Waals surface area contributed by atoms with Crippen LogP contribution in [0.15, 0.2) is 6.33 Å². The third-order valence-electron chi connectivity index (χ3n) is 3.64. The highest BCUT2D eigenvalue weighted by Crippen LogP contribution is 2.34. The average Bonchev–Trinajstić information content (AvgIpc) is 2.86. The number of aromatic nitrogens is 2. The summed E-state index contributed by atoms with van der Waals surface area (Å²) in [4.78, 5) is 11.1. The van der Waals surface area contributed by atoms with Crippen molar-refractivity contribution in [2.75, 3.05) is 29.9 Å². The highest BCUT2D eigenvalue weighted by molar-refractivity contribution is 5.61. The Morgan fingerprint density at radius 1 is 1.47 bits per heavy atom. The maximum absolute atomic E-state index is 9.50. The molecule has 1 fully saturated rings. The summed E-state index contributed by atoms with van der Waals surface area (Å²) >= 11 is 0. The molecule has 19 heavy (non-hydrogen) atoms. The first-order chi connectivity index (χ1) is 9.19. The quantitative estimate of drug-likeness (QED) is 0.851. The fourth-order valence-corrected chi connectivity index (χ4v) is 2.76. The van der Waals surface area contributed by atoms with E-state index in [9.17, 15) is 5.11 Å². The summed E-state index contributed by atoms with van der Waals surface area (Å²) in [5.74, 6) is 2.26. The Hall–Kier alpha value is -1.36. The molecule has 2 heterocycles. The SMILES string of the molecule is CCNc1ncnc(N2CCCC2CO)c1C(C)C. The molecule has 0 spiro atoms. The van der Waals surface area contributed by atoms with E-state index in [-0.39, 0.29) is 12.6 Å². The van der Waals surface area contributed by atoms with E-state index in [1.54, 1.807) is 6.33 Å². The summed E-state index contributed by atoms with van der Waals surface area (Å²) in [6.07, 6.45) is 3.77. The standard InChI is InChI=1S/C14H24N4O/c1-4-15-13-12(10(2)3)14(17-9-16-13)18-7-5-6-11(18)8-19/h9-11,19H,4-8H2,1-3H3,(H,15,16,17). The van der Waals surface area contributed by atoms with E-state index >= 15 is 0 Å². The fourth-order valence-electron chi connectivity index (χ4n) is 2.76. The Balaban J connectivity index is 2.41. The molecular weight excluding hydrogens is 240 g/mol. The van der Waals surface area contributed by atoms with Crippen LogP contribution in [0.3, 0.4) is 0 Å². The van der Waals surface area contributed by atoms with Crippen LogP contribution in [-0.4, -0.2) is 40.8 Å². The monoisotopic (exact) mass is 264 g/mol. The van der Waals surface area contributed by atoms with Crippen LogP contribution in [0.1, 0.15) is 45.1 Å². The van der Waals surface area contributed by atoms with Crippen molar-refractivity contribution in [2.45, 2.75) is 45.6 Å². The Labute approximate surface area is 115 Å². The Bertz CT molecular complexity index is 422. The first-order valence-corrected chi connectivity index (χ1v) is 7.15. The summed E-state index contributed by atoms with van der Waals surface area (Å²) in [7, 11) is 0.